The zero-order valence-corrected chi connectivity index (χ0v) is 19.4. The molecule has 2 aromatic rings. The maximum absolute atomic E-state index is 12.6. The number of carbonyl (C=O) groups excluding carboxylic acids is 1. The van der Waals surface area contributed by atoms with Crippen LogP contribution in [0.2, 0.25) is 0 Å². The van der Waals surface area contributed by atoms with Crippen molar-refractivity contribution in [3.05, 3.63) is 47.0 Å². The molecule has 2 aromatic carbocycles. The van der Waals surface area contributed by atoms with E-state index in [1.54, 1.807) is 24.3 Å². The third kappa shape index (κ3) is 4.23. The van der Waals surface area contributed by atoms with Crippen molar-refractivity contribution in [2.24, 2.45) is 11.1 Å². The highest BCUT2D eigenvalue weighted by Gasteiger charge is 2.34. The van der Waals surface area contributed by atoms with Gasteiger partial charge >= 0.3 is 5.97 Å². The number of carboxylic acid groups (broad SMARTS) is 1. The molecule has 1 atom stereocenters. The quantitative estimate of drug-likeness (QED) is 0.624. The highest BCUT2D eigenvalue weighted by Crippen LogP contribution is 2.42. The Morgan fingerprint density at radius 2 is 1.91 bits per heavy atom. The van der Waals surface area contributed by atoms with Gasteiger partial charge in [0.2, 0.25) is 16.6 Å². The van der Waals surface area contributed by atoms with E-state index in [0.717, 1.165) is 45.8 Å². The summed E-state index contributed by atoms with van der Waals surface area (Å²) in [5, 5.41) is 15.5. The van der Waals surface area contributed by atoms with Gasteiger partial charge in [0.15, 0.2) is 5.71 Å². The minimum atomic E-state index is -3.55. The third-order valence-electron chi connectivity index (χ3n) is 5.99. The minimum Gasteiger partial charge on any atom is -0.479 e. The molecule has 1 aliphatic heterocycles. The van der Waals surface area contributed by atoms with Gasteiger partial charge in [0.25, 0.3) is 5.91 Å². The fourth-order valence-electron chi connectivity index (χ4n) is 4.27. The molecular weight excluding hydrogens is 446 g/mol. The SMILES string of the molecule is CC1CCc2c(-c3ccc(S(=O)(=O)N(C)C)cc3)cc3c(c2C1)NC(=O)/C3=N\OCC(=O)O. The molecule has 9 nitrogen and oxygen atoms in total. The molecule has 0 saturated carbocycles. The Morgan fingerprint density at radius 3 is 2.55 bits per heavy atom. The second-order valence-corrected chi connectivity index (χ2v) is 10.7. The average molecular weight is 472 g/mol. The lowest BCUT2D eigenvalue weighted by Crippen LogP contribution is -2.22. The van der Waals surface area contributed by atoms with Gasteiger partial charge in [-0.2, -0.15) is 0 Å². The first kappa shape index (κ1) is 22.9. The van der Waals surface area contributed by atoms with Gasteiger partial charge in [-0.1, -0.05) is 24.2 Å². The number of carboxylic acids is 1. The Kier molecular flexibility index (Phi) is 5.98. The van der Waals surface area contributed by atoms with E-state index >= 15 is 0 Å². The van der Waals surface area contributed by atoms with Crippen molar-refractivity contribution >= 4 is 33.3 Å². The first-order valence-corrected chi connectivity index (χ1v) is 12.0. The highest BCUT2D eigenvalue weighted by molar-refractivity contribution is 7.89. The summed E-state index contributed by atoms with van der Waals surface area (Å²) in [6.45, 7) is 1.51. The van der Waals surface area contributed by atoms with Crippen molar-refractivity contribution in [1.82, 2.24) is 4.31 Å². The van der Waals surface area contributed by atoms with Gasteiger partial charge in [-0.15, -0.1) is 0 Å². The van der Waals surface area contributed by atoms with Gasteiger partial charge in [0.05, 0.1) is 10.6 Å². The number of carbonyl (C=O) groups is 2. The number of oxime groups is 1. The molecule has 1 heterocycles. The Labute approximate surface area is 192 Å². The lowest BCUT2D eigenvalue weighted by Gasteiger charge is -2.26. The molecule has 0 fully saturated rings. The summed E-state index contributed by atoms with van der Waals surface area (Å²) >= 11 is 0. The second-order valence-electron chi connectivity index (χ2n) is 8.52. The summed E-state index contributed by atoms with van der Waals surface area (Å²) in [7, 11) is -0.579. The number of rotatable bonds is 6. The smallest absolute Gasteiger partial charge is 0.344 e. The van der Waals surface area contributed by atoms with Crippen molar-refractivity contribution in [3.63, 3.8) is 0 Å². The number of sulfonamides is 1. The molecule has 0 radical (unpaired) electrons. The van der Waals surface area contributed by atoms with E-state index in [1.165, 1.54) is 14.1 Å². The first-order chi connectivity index (χ1) is 15.6. The number of hydrogen-bond acceptors (Lipinski definition) is 6. The van der Waals surface area contributed by atoms with Crippen LogP contribution in [0.3, 0.4) is 0 Å². The molecule has 2 aliphatic rings. The van der Waals surface area contributed by atoms with Crippen LogP contribution in [0.1, 0.15) is 30.0 Å². The van der Waals surface area contributed by atoms with Crippen LogP contribution in [0, 0.1) is 5.92 Å². The van der Waals surface area contributed by atoms with E-state index in [1.807, 2.05) is 6.07 Å². The topological polar surface area (TPSA) is 125 Å². The number of anilines is 1. The molecule has 1 aliphatic carbocycles. The number of hydrogen-bond donors (Lipinski definition) is 2. The van der Waals surface area contributed by atoms with E-state index in [4.69, 9.17) is 9.94 Å². The maximum atomic E-state index is 12.6. The summed E-state index contributed by atoms with van der Waals surface area (Å²) in [5.41, 5.74) is 5.14. The minimum absolute atomic E-state index is 0.0281. The highest BCUT2D eigenvalue weighted by atomic mass is 32.2. The number of nitrogens with one attached hydrogen (secondary N) is 1. The molecule has 0 aromatic heterocycles. The number of benzene rings is 2. The van der Waals surface area contributed by atoms with Crippen molar-refractivity contribution in [3.8, 4) is 11.1 Å². The van der Waals surface area contributed by atoms with Crippen LogP contribution in [0.4, 0.5) is 5.69 Å². The summed E-state index contributed by atoms with van der Waals surface area (Å²) in [5.74, 6) is -1.20. The Bertz CT molecular complexity index is 1270. The fraction of sp³-hybridized carbons (Fsp3) is 0.348. The van der Waals surface area contributed by atoms with Gasteiger partial charge in [-0.25, -0.2) is 17.5 Å². The standard InChI is InChI=1S/C23H25N3O6S/c1-13-4-9-16-17(14-5-7-15(8-6-14)33(30,31)26(2)3)11-19-21(18(16)10-13)24-23(29)22(19)25-32-12-20(27)28/h5-8,11,13H,4,9-10,12H2,1-3H3,(H,27,28)(H,24,25,29). The molecule has 1 amide bonds. The van der Waals surface area contributed by atoms with Crippen LogP contribution in [-0.4, -0.2) is 56.1 Å². The summed E-state index contributed by atoms with van der Waals surface area (Å²) < 4.78 is 26.0. The van der Waals surface area contributed by atoms with Crippen molar-refractivity contribution in [2.45, 2.75) is 31.1 Å². The van der Waals surface area contributed by atoms with Crippen LogP contribution >= 0.6 is 0 Å². The van der Waals surface area contributed by atoms with Crippen LogP contribution in [-0.2, 0) is 37.3 Å². The van der Waals surface area contributed by atoms with Crippen molar-refractivity contribution < 1.29 is 28.0 Å². The molecule has 174 valence electrons. The molecule has 0 saturated heterocycles. The first-order valence-electron chi connectivity index (χ1n) is 10.5. The zero-order valence-electron chi connectivity index (χ0n) is 18.6. The van der Waals surface area contributed by atoms with Gasteiger partial charge in [0.1, 0.15) is 0 Å². The molecule has 0 spiro atoms. The monoisotopic (exact) mass is 471 g/mol. The number of amides is 1. The molecule has 10 heteroatoms. The van der Waals surface area contributed by atoms with E-state index in [9.17, 15) is 18.0 Å². The second kappa shape index (κ2) is 8.60. The van der Waals surface area contributed by atoms with E-state index < -0.39 is 28.5 Å². The molecule has 0 bridgehead atoms. The lowest BCUT2D eigenvalue weighted by molar-refractivity contribution is -0.142. The Balaban J connectivity index is 1.83. The summed E-state index contributed by atoms with van der Waals surface area (Å²) in [6.07, 6.45) is 2.61. The zero-order chi connectivity index (χ0) is 23.9. The van der Waals surface area contributed by atoms with Crippen LogP contribution in [0.5, 0.6) is 0 Å². The number of aliphatic carboxylic acids is 1. The van der Waals surface area contributed by atoms with Crippen LogP contribution < -0.4 is 5.32 Å². The van der Waals surface area contributed by atoms with Gasteiger partial charge in [-0.3, -0.25) is 4.79 Å². The van der Waals surface area contributed by atoms with E-state index in [0.29, 0.717) is 17.2 Å². The van der Waals surface area contributed by atoms with Crippen molar-refractivity contribution in [1.29, 1.82) is 0 Å². The molecule has 33 heavy (non-hydrogen) atoms. The van der Waals surface area contributed by atoms with E-state index in [-0.39, 0.29) is 10.6 Å². The van der Waals surface area contributed by atoms with Gasteiger partial charge < -0.3 is 15.3 Å². The summed E-state index contributed by atoms with van der Waals surface area (Å²) in [4.78, 5) is 28.4. The molecule has 2 N–H and O–H groups in total. The van der Waals surface area contributed by atoms with Crippen LogP contribution in [0.15, 0.2) is 40.4 Å². The summed E-state index contributed by atoms with van der Waals surface area (Å²) in [6, 6.07) is 8.52. The van der Waals surface area contributed by atoms with E-state index in [2.05, 4.69) is 17.4 Å². The van der Waals surface area contributed by atoms with Crippen molar-refractivity contribution in [2.75, 3.05) is 26.0 Å². The molecule has 4 rings (SSSR count). The predicted octanol–water partition coefficient (Wildman–Crippen LogP) is 2.49. The third-order valence-corrected chi connectivity index (χ3v) is 7.81. The molecular formula is C23H25N3O6S. The Morgan fingerprint density at radius 1 is 1.21 bits per heavy atom. The van der Waals surface area contributed by atoms with Gasteiger partial charge in [-0.05, 0) is 65.6 Å². The Hall–Kier alpha value is -3.24. The number of fused-ring (bicyclic) bond motifs is 3. The molecule has 1 unspecified atom stereocenters. The normalized spacial score (nSPS) is 18.7. The average Bonchev–Trinajstić information content (AvgIpc) is 3.08. The number of nitrogens with zero attached hydrogens (tertiary/aromatic N) is 2. The fourth-order valence-corrected chi connectivity index (χ4v) is 5.18. The van der Waals surface area contributed by atoms with Crippen LogP contribution in [0.25, 0.3) is 11.1 Å². The largest absolute Gasteiger partial charge is 0.479 e. The predicted molar refractivity (Wildman–Crippen MR) is 123 cm³/mol. The van der Waals surface area contributed by atoms with Gasteiger partial charge in [0, 0.05) is 19.7 Å². The maximum Gasteiger partial charge on any atom is 0.344 e. The lowest BCUT2D eigenvalue weighted by atomic mass is 9.79.